The number of nitrogens with zero attached hydrogens (tertiary/aromatic N) is 1. The molecule has 0 spiro atoms. The van der Waals surface area contributed by atoms with Gasteiger partial charge in [0.1, 0.15) is 5.82 Å². The average Bonchev–Trinajstić information content (AvgIpc) is 2.91. The topological polar surface area (TPSA) is 37.0 Å². The number of hydrogen-bond donors (Lipinski definition) is 2. The van der Waals surface area contributed by atoms with Crippen molar-refractivity contribution in [3.63, 3.8) is 0 Å². The largest absolute Gasteiger partial charge is 0.384 e. The Kier molecular flexibility index (Phi) is 5.89. The number of aromatic nitrogens is 1. The van der Waals surface area contributed by atoms with Crippen molar-refractivity contribution in [3.05, 3.63) is 18.3 Å². The van der Waals surface area contributed by atoms with E-state index in [9.17, 15) is 0 Å². The molecule has 1 saturated carbocycles. The Labute approximate surface area is 129 Å². The summed E-state index contributed by atoms with van der Waals surface area (Å²) in [5.74, 6) is 1.76. The SMILES string of the molecule is CCCNc1cc(NCC2(CC(C)C)CCCC2)ccn1. The molecule has 0 unspecified atom stereocenters. The second-order valence-electron chi connectivity index (χ2n) is 7.02. The molecular weight excluding hydrogens is 258 g/mol. The molecule has 1 heterocycles. The second-order valence-corrected chi connectivity index (χ2v) is 7.02. The van der Waals surface area contributed by atoms with Crippen molar-refractivity contribution in [1.29, 1.82) is 0 Å². The molecule has 0 aliphatic heterocycles. The van der Waals surface area contributed by atoms with Gasteiger partial charge in [-0.3, -0.25) is 0 Å². The quantitative estimate of drug-likeness (QED) is 0.713. The summed E-state index contributed by atoms with van der Waals surface area (Å²) < 4.78 is 0. The van der Waals surface area contributed by atoms with Crippen molar-refractivity contribution in [3.8, 4) is 0 Å². The van der Waals surface area contributed by atoms with Crippen LogP contribution in [-0.2, 0) is 0 Å². The van der Waals surface area contributed by atoms with Gasteiger partial charge in [0, 0.05) is 31.0 Å². The normalized spacial score (nSPS) is 17.1. The van der Waals surface area contributed by atoms with Crippen molar-refractivity contribution in [2.75, 3.05) is 23.7 Å². The molecule has 1 aliphatic carbocycles. The van der Waals surface area contributed by atoms with Gasteiger partial charge in [-0.1, -0.05) is 33.6 Å². The first-order valence-electron chi connectivity index (χ1n) is 8.57. The average molecular weight is 289 g/mol. The van der Waals surface area contributed by atoms with E-state index in [0.29, 0.717) is 5.41 Å². The fraction of sp³-hybridized carbons (Fsp3) is 0.722. The summed E-state index contributed by atoms with van der Waals surface area (Å²) in [6.07, 6.45) is 9.91. The van der Waals surface area contributed by atoms with Gasteiger partial charge in [0.25, 0.3) is 0 Å². The summed E-state index contributed by atoms with van der Waals surface area (Å²) in [4.78, 5) is 4.37. The Morgan fingerprint density at radius 3 is 2.67 bits per heavy atom. The van der Waals surface area contributed by atoms with E-state index in [1.807, 2.05) is 6.20 Å². The van der Waals surface area contributed by atoms with Crippen LogP contribution in [0.25, 0.3) is 0 Å². The molecule has 0 amide bonds. The van der Waals surface area contributed by atoms with E-state index >= 15 is 0 Å². The maximum Gasteiger partial charge on any atom is 0.127 e. The molecular formula is C18H31N3. The first-order valence-corrected chi connectivity index (χ1v) is 8.57. The first kappa shape index (κ1) is 16.1. The second kappa shape index (κ2) is 7.67. The number of rotatable bonds is 8. The summed E-state index contributed by atoms with van der Waals surface area (Å²) in [6, 6.07) is 4.21. The van der Waals surface area contributed by atoms with Crippen LogP contribution in [0.4, 0.5) is 11.5 Å². The van der Waals surface area contributed by atoms with Crippen LogP contribution in [0.1, 0.15) is 59.3 Å². The van der Waals surface area contributed by atoms with Crippen molar-refractivity contribution in [1.82, 2.24) is 4.98 Å². The lowest BCUT2D eigenvalue weighted by molar-refractivity contribution is 0.252. The van der Waals surface area contributed by atoms with Gasteiger partial charge in [0.05, 0.1) is 0 Å². The minimum atomic E-state index is 0.508. The zero-order chi connectivity index (χ0) is 15.1. The maximum atomic E-state index is 4.37. The van der Waals surface area contributed by atoms with Crippen LogP contribution in [0, 0.1) is 11.3 Å². The highest BCUT2D eigenvalue weighted by Gasteiger charge is 2.34. The van der Waals surface area contributed by atoms with Crippen molar-refractivity contribution in [2.24, 2.45) is 11.3 Å². The van der Waals surface area contributed by atoms with Crippen molar-refractivity contribution in [2.45, 2.75) is 59.3 Å². The zero-order valence-electron chi connectivity index (χ0n) is 13.9. The van der Waals surface area contributed by atoms with Crippen LogP contribution in [0.2, 0.25) is 0 Å². The summed E-state index contributed by atoms with van der Waals surface area (Å²) in [7, 11) is 0. The van der Waals surface area contributed by atoms with Crippen LogP contribution in [-0.4, -0.2) is 18.1 Å². The number of pyridine rings is 1. The molecule has 3 nitrogen and oxygen atoms in total. The predicted molar refractivity (Wildman–Crippen MR) is 91.9 cm³/mol. The van der Waals surface area contributed by atoms with Crippen LogP contribution in [0.3, 0.4) is 0 Å². The molecule has 1 aliphatic rings. The van der Waals surface area contributed by atoms with E-state index in [2.05, 4.69) is 48.5 Å². The number of hydrogen-bond acceptors (Lipinski definition) is 3. The molecule has 1 aromatic heterocycles. The summed E-state index contributed by atoms with van der Waals surface area (Å²) >= 11 is 0. The smallest absolute Gasteiger partial charge is 0.127 e. The van der Waals surface area contributed by atoms with Gasteiger partial charge in [-0.2, -0.15) is 0 Å². The van der Waals surface area contributed by atoms with Gasteiger partial charge in [0.2, 0.25) is 0 Å². The molecule has 1 aromatic rings. The van der Waals surface area contributed by atoms with Gasteiger partial charge in [-0.25, -0.2) is 4.98 Å². The monoisotopic (exact) mass is 289 g/mol. The van der Waals surface area contributed by atoms with Gasteiger partial charge in [0.15, 0.2) is 0 Å². The maximum absolute atomic E-state index is 4.37. The Hall–Kier alpha value is -1.25. The minimum absolute atomic E-state index is 0.508. The first-order chi connectivity index (χ1) is 10.1. The highest BCUT2D eigenvalue weighted by Crippen LogP contribution is 2.43. The molecule has 2 N–H and O–H groups in total. The molecule has 118 valence electrons. The Morgan fingerprint density at radius 2 is 2.00 bits per heavy atom. The van der Waals surface area contributed by atoms with E-state index in [1.54, 1.807) is 0 Å². The molecule has 0 aromatic carbocycles. The molecule has 0 bridgehead atoms. The molecule has 0 atom stereocenters. The lowest BCUT2D eigenvalue weighted by atomic mass is 9.78. The van der Waals surface area contributed by atoms with E-state index < -0.39 is 0 Å². The van der Waals surface area contributed by atoms with E-state index in [4.69, 9.17) is 0 Å². The van der Waals surface area contributed by atoms with Crippen LogP contribution >= 0.6 is 0 Å². The van der Waals surface area contributed by atoms with E-state index in [1.165, 1.54) is 37.8 Å². The fourth-order valence-corrected chi connectivity index (χ4v) is 3.62. The summed E-state index contributed by atoms with van der Waals surface area (Å²) in [5.41, 5.74) is 1.70. The van der Waals surface area contributed by atoms with Crippen LogP contribution in [0.15, 0.2) is 18.3 Å². The third kappa shape index (κ3) is 4.90. The minimum Gasteiger partial charge on any atom is -0.384 e. The van der Waals surface area contributed by atoms with E-state index in [-0.39, 0.29) is 0 Å². The Balaban J connectivity index is 1.94. The van der Waals surface area contributed by atoms with Gasteiger partial charge in [-0.15, -0.1) is 0 Å². The summed E-state index contributed by atoms with van der Waals surface area (Å²) in [6.45, 7) is 8.94. The summed E-state index contributed by atoms with van der Waals surface area (Å²) in [5, 5.41) is 7.02. The van der Waals surface area contributed by atoms with E-state index in [0.717, 1.165) is 31.2 Å². The van der Waals surface area contributed by atoms with Gasteiger partial charge < -0.3 is 10.6 Å². The molecule has 1 fully saturated rings. The lowest BCUT2D eigenvalue weighted by Gasteiger charge is -2.31. The molecule has 21 heavy (non-hydrogen) atoms. The standard InChI is InChI=1S/C18H31N3/c1-4-10-19-17-12-16(7-11-20-17)21-14-18(13-15(2)3)8-5-6-9-18/h7,11-12,15H,4-6,8-10,13-14H2,1-3H3,(H2,19,20,21). The highest BCUT2D eigenvalue weighted by molar-refractivity contribution is 5.51. The van der Waals surface area contributed by atoms with Crippen LogP contribution in [0.5, 0.6) is 0 Å². The molecule has 2 rings (SSSR count). The van der Waals surface area contributed by atoms with Crippen molar-refractivity contribution < 1.29 is 0 Å². The third-order valence-corrected chi connectivity index (χ3v) is 4.49. The van der Waals surface area contributed by atoms with Crippen molar-refractivity contribution >= 4 is 11.5 Å². The van der Waals surface area contributed by atoms with Gasteiger partial charge >= 0.3 is 0 Å². The third-order valence-electron chi connectivity index (χ3n) is 4.49. The lowest BCUT2D eigenvalue weighted by Crippen LogP contribution is -2.28. The number of anilines is 2. The zero-order valence-corrected chi connectivity index (χ0v) is 13.9. The van der Waals surface area contributed by atoms with Crippen LogP contribution < -0.4 is 10.6 Å². The fourth-order valence-electron chi connectivity index (χ4n) is 3.62. The predicted octanol–water partition coefficient (Wildman–Crippen LogP) is 4.92. The van der Waals surface area contributed by atoms with Gasteiger partial charge in [-0.05, 0) is 43.1 Å². The number of nitrogens with one attached hydrogen (secondary N) is 2. The molecule has 3 heteroatoms. The molecule has 0 saturated heterocycles. The Bertz CT molecular complexity index is 422. The Morgan fingerprint density at radius 1 is 1.24 bits per heavy atom. The highest BCUT2D eigenvalue weighted by atomic mass is 15.0. The molecule has 0 radical (unpaired) electrons.